The van der Waals surface area contributed by atoms with Crippen LogP contribution in [-0.4, -0.2) is 0 Å². The zero-order valence-electron chi connectivity index (χ0n) is 32.6. The number of hydrogen-bond donors (Lipinski definition) is 0. The summed E-state index contributed by atoms with van der Waals surface area (Å²) in [7, 11) is 0. The molecule has 2 aromatic heterocycles. The molecule has 0 saturated carbocycles. The van der Waals surface area contributed by atoms with Gasteiger partial charge in [-0.15, -0.1) is 0 Å². The zero-order chi connectivity index (χ0) is 39.0. The average molecular weight is 753 g/mol. The summed E-state index contributed by atoms with van der Waals surface area (Å²) in [5, 5.41) is 12.0. The first-order valence-corrected chi connectivity index (χ1v) is 20.5. The minimum atomic E-state index is -0.0637. The van der Waals surface area contributed by atoms with Gasteiger partial charge in [0.25, 0.3) is 0 Å². The molecule has 0 unspecified atom stereocenters. The van der Waals surface area contributed by atoms with Gasteiger partial charge in [0, 0.05) is 27.0 Å². The second kappa shape index (κ2) is 11.8. The van der Waals surface area contributed by atoms with Crippen LogP contribution in [0.3, 0.4) is 0 Å². The molecule has 0 amide bonds. The summed E-state index contributed by atoms with van der Waals surface area (Å²) >= 11 is 0. The van der Waals surface area contributed by atoms with E-state index in [-0.39, 0.29) is 5.41 Å². The quantitative estimate of drug-likeness (QED) is 0.168. The molecule has 59 heavy (non-hydrogen) atoms. The summed E-state index contributed by atoms with van der Waals surface area (Å²) in [6.45, 7) is 4.67. The SMILES string of the molecule is CC1(C)c2ccccc2-c2cc3oc4cc5ccc(-c6ccc(-c7c8ccccc8c(-c8ccc9oc%10ccccc%10c9c8)c8ccccc78)cc6)cc5cc4c3cc21. The first-order chi connectivity index (χ1) is 29.0. The Hall–Kier alpha value is -7.42. The maximum atomic E-state index is 6.56. The average Bonchev–Trinajstić information content (AvgIpc) is 3.90. The normalized spacial score (nSPS) is 13.4. The van der Waals surface area contributed by atoms with Crippen molar-refractivity contribution in [3.8, 4) is 44.5 Å². The molecule has 276 valence electrons. The van der Waals surface area contributed by atoms with E-state index in [1.54, 1.807) is 0 Å². The molecule has 0 radical (unpaired) electrons. The lowest BCUT2D eigenvalue weighted by Crippen LogP contribution is -2.14. The predicted molar refractivity (Wildman–Crippen MR) is 247 cm³/mol. The maximum absolute atomic E-state index is 6.56. The molecule has 0 spiro atoms. The van der Waals surface area contributed by atoms with E-state index in [9.17, 15) is 0 Å². The topological polar surface area (TPSA) is 26.3 Å². The lowest BCUT2D eigenvalue weighted by Gasteiger charge is -2.21. The van der Waals surface area contributed by atoms with Gasteiger partial charge in [-0.1, -0.05) is 147 Å². The molecule has 2 heterocycles. The molecule has 10 aromatic carbocycles. The third kappa shape index (κ3) is 4.63. The number of hydrogen-bond acceptors (Lipinski definition) is 2. The van der Waals surface area contributed by atoms with Crippen LogP contribution in [0.25, 0.3) is 121 Å². The largest absolute Gasteiger partial charge is 0.456 e. The van der Waals surface area contributed by atoms with Crippen molar-refractivity contribution in [1.29, 1.82) is 0 Å². The molecule has 1 aliphatic rings. The van der Waals surface area contributed by atoms with Gasteiger partial charge in [0.05, 0.1) is 0 Å². The van der Waals surface area contributed by atoms with E-state index < -0.39 is 0 Å². The van der Waals surface area contributed by atoms with Crippen LogP contribution in [0, 0.1) is 0 Å². The summed E-state index contributed by atoms with van der Waals surface area (Å²) in [6, 6.07) is 66.6. The number of fused-ring (bicyclic) bond motifs is 12. The highest BCUT2D eigenvalue weighted by Crippen LogP contribution is 2.51. The molecule has 0 N–H and O–H groups in total. The summed E-state index contributed by atoms with van der Waals surface area (Å²) in [5.41, 5.74) is 16.3. The molecule has 0 saturated heterocycles. The van der Waals surface area contributed by atoms with E-state index in [4.69, 9.17) is 8.83 Å². The van der Waals surface area contributed by atoms with Crippen molar-refractivity contribution in [1.82, 2.24) is 0 Å². The summed E-state index contributed by atoms with van der Waals surface area (Å²) in [5.74, 6) is 0. The van der Waals surface area contributed by atoms with Crippen LogP contribution < -0.4 is 0 Å². The molecule has 0 fully saturated rings. The van der Waals surface area contributed by atoms with E-state index in [2.05, 4.69) is 184 Å². The Morgan fingerprint density at radius 1 is 0.305 bits per heavy atom. The fraction of sp³-hybridized carbons (Fsp3) is 0.0526. The van der Waals surface area contributed by atoms with Gasteiger partial charge in [0.1, 0.15) is 22.3 Å². The summed E-state index contributed by atoms with van der Waals surface area (Å²) in [4.78, 5) is 0. The van der Waals surface area contributed by atoms with Crippen LogP contribution in [0.2, 0.25) is 0 Å². The van der Waals surface area contributed by atoms with Gasteiger partial charge in [0.2, 0.25) is 0 Å². The first kappa shape index (κ1) is 32.6. The fourth-order valence-corrected chi connectivity index (χ4v) is 10.4. The van der Waals surface area contributed by atoms with E-state index in [1.165, 1.54) is 93.3 Å². The molecule has 2 nitrogen and oxygen atoms in total. The molecule has 13 rings (SSSR count). The van der Waals surface area contributed by atoms with Gasteiger partial charge in [-0.3, -0.25) is 0 Å². The van der Waals surface area contributed by atoms with E-state index in [0.29, 0.717) is 0 Å². The molecule has 1 aliphatic carbocycles. The third-order valence-corrected chi connectivity index (χ3v) is 13.2. The number of benzene rings is 10. The fourth-order valence-electron chi connectivity index (χ4n) is 10.4. The van der Waals surface area contributed by atoms with Crippen molar-refractivity contribution in [3.05, 3.63) is 193 Å². The summed E-state index contributed by atoms with van der Waals surface area (Å²) < 4.78 is 12.8. The molecular weight excluding hydrogens is 717 g/mol. The first-order valence-electron chi connectivity index (χ1n) is 20.5. The van der Waals surface area contributed by atoms with Crippen LogP contribution in [0.5, 0.6) is 0 Å². The van der Waals surface area contributed by atoms with Crippen molar-refractivity contribution in [2.24, 2.45) is 0 Å². The second-order valence-electron chi connectivity index (χ2n) is 16.8. The third-order valence-electron chi connectivity index (χ3n) is 13.2. The molecule has 12 aromatic rings. The zero-order valence-corrected chi connectivity index (χ0v) is 32.6. The Bertz CT molecular complexity index is 3690. The Kier molecular flexibility index (Phi) is 6.54. The smallest absolute Gasteiger partial charge is 0.136 e. The molecular formula is C57H36O2. The number of para-hydroxylation sites is 1. The highest BCUT2D eigenvalue weighted by atomic mass is 16.3. The second-order valence-corrected chi connectivity index (χ2v) is 16.8. The van der Waals surface area contributed by atoms with Gasteiger partial charge in [0.15, 0.2) is 0 Å². The van der Waals surface area contributed by atoms with E-state index >= 15 is 0 Å². The van der Waals surface area contributed by atoms with Crippen molar-refractivity contribution in [2.45, 2.75) is 19.3 Å². The molecule has 0 bridgehead atoms. The van der Waals surface area contributed by atoms with Gasteiger partial charge in [-0.25, -0.2) is 0 Å². The maximum Gasteiger partial charge on any atom is 0.136 e. The van der Waals surface area contributed by atoms with Crippen LogP contribution in [0.15, 0.2) is 191 Å². The standard InChI is InChI=1S/C57H36O2/c1-57(2)49-17-9-7-11-39(49)45-32-54-48(31-50(45)57)47-29-38-27-35(23-24-36(38)30-53(47)59-54)33-19-21-34(22-20-33)55-41-13-3-5-15-43(41)56(44-16-6-4-14-42(44)55)37-25-26-52-46(28-37)40-12-8-10-18-51(40)58-52/h3-32H,1-2H3. The van der Waals surface area contributed by atoms with Crippen LogP contribution in [0.1, 0.15) is 25.0 Å². The lowest BCUT2D eigenvalue weighted by molar-refractivity contribution is 0.658. The van der Waals surface area contributed by atoms with Crippen LogP contribution >= 0.6 is 0 Å². The van der Waals surface area contributed by atoms with E-state index in [1.807, 2.05) is 12.1 Å². The predicted octanol–water partition coefficient (Wildman–Crippen LogP) is 16.3. The molecule has 2 heteroatoms. The Balaban J connectivity index is 0.918. The highest BCUT2D eigenvalue weighted by molar-refractivity contribution is 6.22. The highest BCUT2D eigenvalue weighted by Gasteiger charge is 2.36. The van der Waals surface area contributed by atoms with Crippen LogP contribution in [-0.2, 0) is 5.41 Å². The van der Waals surface area contributed by atoms with Gasteiger partial charge < -0.3 is 8.83 Å². The molecule has 0 aliphatic heterocycles. The van der Waals surface area contributed by atoms with Gasteiger partial charge >= 0.3 is 0 Å². The van der Waals surface area contributed by atoms with Crippen molar-refractivity contribution < 1.29 is 8.83 Å². The van der Waals surface area contributed by atoms with Gasteiger partial charge in [-0.05, 0) is 136 Å². The van der Waals surface area contributed by atoms with Gasteiger partial charge in [-0.2, -0.15) is 0 Å². The van der Waals surface area contributed by atoms with E-state index in [0.717, 1.165) is 38.5 Å². The minimum Gasteiger partial charge on any atom is -0.456 e. The number of furan rings is 2. The molecule has 0 atom stereocenters. The Morgan fingerprint density at radius 3 is 1.61 bits per heavy atom. The summed E-state index contributed by atoms with van der Waals surface area (Å²) in [6.07, 6.45) is 0. The Labute approximate surface area is 340 Å². The van der Waals surface area contributed by atoms with Crippen molar-refractivity contribution in [2.75, 3.05) is 0 Å². The minimum absolute atomic E-state index is 0.0637. The van der Waals surface area contributed by atoms with Crippen molar-refractivity contribution in [3.63, 3.8) is 0 Å². The van der Waals surface area contributed by atoms with Crippen molar-refractivity contribution >= 4 is 76.2 Å². The van der Waals surface area contributed by atoms with Crippen LogP contribution in [0.4, 0.5) is 0 Å². The monoisotopic (exact) mass is 752 g/mol. The lowest BCUT2D eigenvalue weighted by atomic mass is 9.82. The Morgan fingerprint density at radius 2 is 0.847 bits per heavy atom. The number of rotatable bonds is 3.